The summed E-state index contributed by atoms with van der Waals surface area (Å²) >= 11 is 3.51. The van der Waals surface area contributed by atoms with E-state index >= 15 is 0 Å². The van der Waals surface area contributed by atoms with Gasteiger partial charge in [0.05, 0.1) is 6.10 Å². The van der Waals surface area contributed by atoms with Gasteiger partial charge >= 0.3 is 0 Å². The lowest BCUT2D eigenvalue weighted by Gasteiger charge is -2.12. The minimum Gasteiger partial charge on any atom is -0.489 e. The Bertz CT molecular complexity index is 564. The molecule has 0 spiro atoms. The summed E-state index contributed by atoms with van der Waals surface area (Å²) in [7, 11) is 0. The van der Waals surface area contributed by atoms with Gasteiger partial charge in [-0.3, -0.25) is 0 Å². The number of hydrogen-bond donors (Lipinski definition) is 1. The molecular weight excluding hydrogens is 304 g/mol. The van der Waals surface area contributed by atoms with Crippen molar-refractivity contribution < 1.29 is 9.84 Å². The monoisotopic (exact) mass is 320 g/mol. The van der Waals surface area contributed by atoms with E-state index in [-0.39, 0.29) is 0 Å². The van der Waals surface area contributed by atoms with E-state index in [2.05, 4.69) is 15.9 Å². The van der Waals surface area contributed by atoms with E-state index in [0.29, 0.717) is 6.61 Å². The summed E-state index contributed by atoms with van der Waals surface area (Å²) in [5.41, 5.74) is 3.05. The summed E-state index contributed by atoms with van der Waals surface area (Å²) in [6.07, 6.45) is -0.448. The van der Waals surface area contributed by atoms with Crippen LogP contribution in [0.3, 0.4) is 0 Å². The molecule has 3 heteroatoms. The number of benzene rings is 2. The van der Waals surface area contributed by atoms with Crippen molar-refractivity contribution in [3.05, 3.63) is 63.6 Å². The molecule has 0 aliphatic carbocycles. The molecule has 0 saturated heterocycles. The van der Waals surface area contributed by atoms with Crippen LogP contribution in [0, 0.1) is 6.92 Å². The van der Waals surface area contributed by atoms with Crippen LogP contribution in [0.25, 0.3) is 0 Å². The highest BCUT2D eigenvalue weighted by atomic mass is 79.9. The molecule has 1 N–H and O–H groups in total. The Morgan fingerprint density at radius 2 is 1.95 bits per heavy atom. The lowest BCUT2D eigenvalue weighted by atomic mass is 10.1. The van der Waals surface area contributed by atoms with Crippen LogP contribution in [0.2, 0.25) is 0 Å². The van der Waals surface area contributed by atoms with Crippen molar-refractivity contribution in [2.24, 2.45) is 0 Å². The smallest absolute Gasteiger partial charge is 0.122 e. The van der Waals surface area contributed by atoms with E-state index in [1.54, 1.807) is 6.92 Å². The molecule has 1 atom stereocenters. The van der Waals surface area contributed by atoms with Crippen molar-refractivity contribution in [2.75, 3.05) is 0 Å². The van der Waals surface area contributed by atoms with Gasteiger partial charge in [0, 0.05) is 10.0 Å². The zero-order valence-corrected chi connectivity index (χ0v) is 12.6. The average molecular weight is 321 g/mol. The minimum absolute atomic E-state index is 0.448. The Kier molecular flexibility index (Phi) is 4.61. The Labute approximate surface area is 122 Å². The van der Waals surface area contributed by atoms with Gasteiger partial charge in [0.2, 0.25) is 0 Å². The maximum Gasteiger partial charge on any atom is 0.122 e. The molecule has 0 fully saturated rings. The van der Waals surface area contributed by atoms with Crippen LogP contribution in [0.1, 0.15) is 29.7 Å². The van der Waals surface area contributed by atoms with Crippen LogP contribution in [0.15, 0.2) is 46.9 Å². The first kappa shape index (κ1) is 14.1. The van der Waals surface area contributed by atoms with Crippen molar-refractivity contribution in [1.82, 2.24) is 0 Å². The lowest BCUT2D eigenvalue weighted by molar-refractivity contribution is 0.199. The zero-order chi connectivity index (χ0) is 13.8. The first-order chi connectivity index (χ1) is 9.08. The zero-order valence-electron chi connectivity index (χ0n) is 11.1. The molecule has 0 heterocycles. The van der Waals surface area contributed by atoms with Crippen LogP contribution < -0.4 is 4.74 Å². The molecule has 0 aliphatic heterocycles. The van der Waals surface area contributed by atoms with Crippen molar-refractivity contribution in [3.63, 3.8) is 0 Å². The minimum atomic E-state index is -0.448. The Balaban J connectivity index is 2.10. The molecule has 19 heavy (non-hydrogen) atoms. The van der Waals surface area contributed by atoms with Gasteiger partial charge in [0.15, 0.2) is 0 Å². The van der Waals surface area contributed by atoms with Crippen molar-refractivity contribution >= 4 is 15.9 Å². The molecule has 2 aromatic carbocycles. The number of aliphatic hydroxyl groups excluding tert-OH is 1. The maximum absolute atomic E-state index is 9.54. The number of aryl methyl sites for hydroxylation is 1. The van der Waals surface area contributed by atoms with Crippen LogP contribution >= 0.6 is 15.9 Å². The van der Waals surface area contributed by atoms with E-state index in [4.69, 9.17) is 4.74 Å². The van der Waals surface area contributed by atoms with Crippen LogP contribution in [-0.4, -0.2) is 5.11 Å². The molecule has 0 amide bonds. The van der Waals surface area contributed by atoms with E-state index < -0.39 is 6.10 Å². The van der Waals surface area contributed by atoms with Gasteiger partial charge in [-0.25, -0.2) is 0 Å². The van der Waals surface area contributed by atoms with Crippen LogP contribution in [-0.2, 0) is 6.61 Å². The summed E-state index contributed by atoms with van der Waals surface area (Å²) < 4.78 is 6.88. The number of ether oxygens (including phenoxy) is 1. The number of aliphatic hydroxyl groups is 1. The predicted molar refractivity (Wildman–Crippen MR) is 80.3 cm³/mol. The van der Waals surface area contributed by atoms with Crippen molar-refractivity contribution in [1.29, 1.82) is 0 Å². The second-order valence-corrected chi connectivity index (χ2v) is 5.44. The molecule has 2 nitrogen and oxygen atoms in total. The third kappa shape index (κ3) is 3.58. The second-order valence-electron chi connectivity index (χ2n) is 4.58. The third-order valence-electron chi connectivity index (χ3n) is 3.02. The van der Waals surface area contributed by atoms with Crippen LogP contribution in [0.4, 0.5) is 0 Å². The SMILES string of the molecule is Cc1cc(C(C)O)ccc1OCc1ccccc1Br. The fourth-order valence-corrected chi connectivity index (χ4v) is 2.26. The quantitative estimate of drug-likeness (QED) is 0.905. The summed E-state index contributed by atoms with van der Waals surface area (Å²) in [5.74, 6) is 0.847. The average Bonchev–Trinajstić information content (AvgIpc) is 2.39. The summed E-state index contributed by atoms with van der Waals surface area (Å²) in [4.78, 5) is 0. The molecule has 100 valence electrons. The van der Waals surface area contributed by atoms with E-state index in [1.165, 1.54) is 0 Å². The Morgan fingerprint density at radius 1 is 1.21 bits per heavy atom. The van der Waals surface area contributed by atoms with E-state index in [1.807, 2.05) is 49.4 Å². The highest BCUT2D eigenvalue weighted by Gasteiger charge is 2.06. The Hall–Kier alpha value is -1.32. The number of hydrogen-bond acceptors (Lipinski definition) is 2. The highest BCUT2D eigenvalue weighted by Crippen LogP contribution is 2.24. The van der Waals surface area contributed by atoms with Crippen molar-refractivity contribution in [3.8, 4) is 5.75 Å². The van der Waals surface area contributed by atoms with Gasteiger partial charge in [-0.15, -0.1) is 0 Å². The molecule has 0 bridgehead atoms. The fourth-order valence-electron chi connectivity index (χ4n) is 1.87. The van der Waals surface area contributed by atoms with E-state index in [0.717, 1.165) is 26.9 Å². The first-order valence-corrected chi connectivity index (χ1v) is 7.02. The number of rotatable bonds is 4. The molecule has 0 aromatic heterocycles. The summed E-state index contributed by atoms with van der Waals surface area (Å²) in [6, 6.07) is 13.8. The Morgan fingerprint density at radius 3 is 2.58 bits per heavy atom. The van der Waals surface area contributed by atoms with Gasteiger partial charge < -0.3 is 9.84 Å². The third-order valence-corrected chi connectivity index (χ3v) is 3.80. The maximum atomic E-state index is 9.54. The highest BCUT2D eigenvalue weighted by molar-refractivity contribution is 9.10. The van der Waals surface area contributed by atoms with Gasteiger partial charge in [0.1, 0.15) is 12.4 Å². The normalized spacial score (nSPS) is 12.2. The standard InChI is InChI=1S/C16H17BrO2/c1-11-9-13(12(2)18)7-8-16(11)19-10-14-5-3-4-6-15(14)17/h3-9,12,18H,10H2,1-2H3. The van der Waals surface area contributed by atoms with Crippen molar-refractivity contribution in [2.45, 2.75) is 26.6 Å². The molecule has 2 aromatic rings. The summed E-state index contributed by atoms with van der Waals surface area (Å²) in [5, 5.41) is 9.54. The molecule has 0 saturated carbocycles. The lowest BCUT2D eigenvalue weighted by Crippen LogP contribution is -1.99. The first-order valence-electron chi connectivity index (χ1n) is 6.22. The second kappa shape index (κ2) is 6.22. The summed E-state index contributed by atoms with van der Waals surface area (Å²) in [6.45, 7) is 4.27. The van der Waals surface area contributed by atoms with Crippen LogP contribution in [0.5, 0.6) is 5.75 Å². The van der Waals surface area contributed by atoms with E-state index in [9.17, 15) is 5.11 Å². The molecular formula is C16H17BrO2. The number of halogens is 1. The largest absolute Gasteiger partial charge is 0.489 e. The molecule has 0 radical (unpaired) electrons. The molecule has 0 aliphatic rings. The molecule has 1 unspecified atom stereocenters. The van der Waals surface area contributed by atoms with Gasteiger partial charge in [-0.05, 0) is 43.2 Å². The van der Waals surface area contributed by atoms with Gasteiger partial charge in [-0.1, -0.05) is 40.2 Å². The molecule has 2 rings (SSSR count). The predicted octanol–water partition coefficient (Wildman–Crippen LogP) is 4.39. The van der Waals surface area contributed by atoms with Gasteiger partial charge in [-0.2, -0.15) is 0 Å². The van der Waals surface area contributed by atoms with Gasteiger partial charge in [0.25, 0.3) is 0 Å². The topological polar surface area (TPSA) is 29.5 Å². The fraction of sp³-hybridized carbons (Fsp3) is 0.250.